The molecule has 4 rings (SSSR count). The number of hydrogen-bond donors (Lipinski definition) is 2. The summed E-state index contributed by atoms with van der Waals surface area (Å²) >= 11 is 0. The van der Waals surface area contributed by atoms with E-state index in [1.807, 2.05) is 24.3 Å². The number of hydrogen-bond acceptors (Lipinski definition) is 4. The van der Waals surface area contributed by atoms with Gasteiger partial charge in [-0.2, -0.15) is 0 Å². The Balaban J connectivity index is 1.57. The highest BCUT2D eigenvalue weighted by Crippen LogP contribution is 2.41. The average Bonchev–Trinajstić information content (AvgIpc) is 2.79. The van der Waals surface area contributed by atoms with E-state index >= 15 is 0 Å². The average molecular weight is 432 g/mol. The molecule has 0 unspecified atom stereocenters. The van der Waals surface area contributed by atoms with Crippen molar-refractivity contribution in [2.75, 3.05) is 26.3 Å². The predicted octanol–water partition coefficient (Wildman–Crippen LogP) is 4.19. The molecule has 0 aliphatic carbocycles. The van der Waals surface area contributed by atoms with Crippen molar-refractivity contribution in [3.8, 4) is 5.75 Å². The molecule has 0 aromatic heterocycles. The summed E-state index contributed by atoms with van der Waals surface area (Å²) in [6.07, 6.45) is 0.754. The SMILES string of the molecule is O=C(O)CCOCCc1ccc(OCc2ccccc2)c(C2(c3ccccc3)CNC2)c1. The van der Waals surface area contributed by atoms with Crippen LogP contribution in [-0.2, 0) is 28.0 Å². The first-order valence-corrected chi connectivity index (χ1v) is 11.0. The molecule has 1 heterocycles. The molecular weight excluding hydrogens is 402 g/mol. The van der Waals surface area contributed by atoms with Gasteiger partial charge in [0.15, 0.2) is 0 Å². The number of ether oxygens (including phenoxy) is 2. The molecule has 0 atom stereocenters. The van der Waals surface area contributed by atoms with Crippen LogP contribution in [0.2, 0.25) is 0 Å². The molecule has 0 radical (unpaired) electrons. The summed E-state index contributed by atoms with van der Waals surface area (Å²) in [6.45, 7) is 2.96. The molecule has 1 aliphatic heterocycles. The maximum Gasteiger partial charge on any atom is 0.305 e. The fourth-order valence-corrected chi connectivity index (χ4v) is 4.10. The monoisotopic (exact) mass is 431 g/mol. The zero-order valence-electron chi connectivity index (χ0n) is 18.1. The number of aliphatic carboxylic acids is 1. The number of carboxylic acid groups (broad SMARTS) is 1. The molecule has 1 saturated heterocycles. The summed E-state index contributed by atoms with van der Waals surface area (Å²) in [5, 5.41) is 12.2. The van der Waals surface area contributed by atoms with E-state index in [1.165, 1.54) is 11.1 Å². The van der Waals surface area contributed by atoms with Gasteiger partial charge in [0.05, 0.1) is 19.6 Å². The van der Waals surface area contributed by atoms with Crippen LogP contribution in [0.3, 0.4) is 0 Å². The molecule has 3 aromatic carbocycles. The molecule has 0 amide bonds. The Morgan fingerprint density at radius 3 is 2.28 bits per heavy atom. The molecule has 5 nitrogen and oxygen atoms in total. The highest BCUT2D eigenvalue weighted by atomic mass is 16.5. The lowest BCUT2D eigenvalue weighted by Gasteiger charge is -2.44. The van der Waals surface area contributed by atoms with Crippen molar-refractivity contribution in [3.05, 3.63) is 101 Å². The third kappa shape index (κ3) is 5.18. The summed E-state index contributed by atoms with van der Waals surface area (Å²) in [6, 6.07) is 27.1. The molecular formula is C27H29NO4. The van der Waals surface area contributed by atoms with Crippen molar-refractivity contribution in [1.29, 1.82) is 0 Å². The Labute approximate surface area is 189 Å². The van der Waals surface area contributed by atoms with Crippen molar-refractivity contribution < 1.29 is 19.4 Å². The molecule has 2 N–H and O–H groups in total. The van der Waals surface area contributed by atoms with Crippen molar-refractivity contribution in [2.24, 2.45) is 0 Å². The van der Waals surface area contributed by atoms with E-state index in [-0.39, 0.29) is 18.4 Å². The van der Waals surface area contributed by atoms with Crippen LogP contribution in [-0.4, -0.2) is 37.4 Å². The zero-order chi connectivity index (χ0) is 22.2. The minimum absolute atomic E-state index is 0.0281. The molecule has 1 fully saturated rings. The zero-order valence-corrected chi connectivity index (χ0v) is 18.1. The molecule has 3 aromatic rings. The summed E-state index contributed by atoms with van der Waals surface area (Å²) < 4.78 is 11.8. The molecule has 0 saturated carbocycles. The number of carbonyl (C=O) groups is 1. The Bertz CT molecular complexity index is 1020. The normalized spacial score (nSPS) is 14.5. The summed E-state index contributed by atoms with van der Waals surface area (Å²) in [5.74, 6) is 0.0595. The van der Waals surface area contributed by atoms with Crippen molar-refractivity contribution in [2.45, 2.75) is 24.9 Å². The quantitative estimate of drug-likeness (QED) is 0.446. The van der Waals surface area contributed by atoms with Gasteiger partial charge in [-0.25, -0.2) is 0 Å². The smallest absolute Gasteiger partial charge is 0.305 e. The van der Waals surface area contributed by atoms with Gasteiger partial charge in [-0.05, 0) is 29.2 Å². The van der Waals surface area contributed by atoms with Crippen LogP contribution < -0.4 is 10.1 Å². The standard InChI is InChI=1S/C27H29NO4/c29-26(30)14-16-31-15-13-21-11-12-25(32-18-22-7-3-1-4-8-22)24(17-21)27(19-28-20-27)23-9-5-2-6-10-23/h1-12,17,28H,13-16,18-20H2,(H,29,30). The predicted molar refractivity (Wildman–Crippen MR) is 124 cm³/mol. The molecule has 0 spiro atoms. The van der Waals surface area contributed by atoms with Gasteiger partial charge >= 0.3 is 5.97 Å². The summed E-state index contributed by atoms with van der Waals surface area (Å²) in [7, 11) is 0. The highest BCUT2D eigenvalue weighted by molar-refractivity contribution is 5.66. The highest BCUT2D eigenvalue weighted by Gasteiger charge is 2.42. The third-order valence-corrected chi connectivity index (χ3v) is 5.97. The van der Waals surface area contributed by atoms with E-state index < -0.39 is 5.97 Å². The van der Waals surface area contributed by atoms with Crippen molar-refractivity contribution in [1.82, 2.24) is 5.32 Å². The van der Waals surface area contributed by atoms with E-state index in [0.717, 1.165) is 36.4 Å². The molecule has 1 aliphatic rings. The molecule has 32 heavy (non-hydrogen) atoms. The lowest BCUT2D eigenvalue weighted by molar-refractivity contribution is -0.138. The first-order chi connectivity index (χ1) is 15.7. The second-order valence-electron chi connectivity index (χ2n) is 8.16. The van der Waals surface area contributed by atoms with Gasteiger partial charge in [0.25, 0.3) is 0 Å². The first kappa shape index (κ1) is 22.1. The van der Waals surface area contributed by atoms with Crippen LogP contribution in [0.5, 0.6) is 5.75 Å². The fourth-order valence-electron chi connectivity index (χ4n) is 4.10. The minimum Gasteiger partial charge on any atom is -0.489 e. The van der Waals surface area contributed by atoms with Gasteiger partial charge in [-0.3, -0.25) is 4.79 Å². The van der Waals surface area contributed by atoms with Crippen LogP contribution in [0.25, 0.3) is 0 Å². The van der Waals surface area contributed by atoms with Crippen LogP contribution in [0.4, 0.5) is 0 Å². The van der Waals surface area contributed by atoms with Crippen molar-refractivity contribution >= 4 is 5.97 Å². The first-order valence-electron chi connectivity index (χ1n) is 11.0. The van der Waals surface area contributed by atoms with Gasteiger partial charge in [0.2, 0.25) is 0 Å². The number of rotatable bonds is 11. The number of carboxylic acids is 1. The maximum absolute atomic E-state index is 10.7. The number of nitrogens with one attached hydrogen (secondary N) is 1. The maximum atomic E-state index is 10.7. The van der Waals surface area contributed by atoms with E-state index in [2.05, 4.69) is 59.9 Å². The van der Waals surface area contributed by atoms with E-state index in [9.17, 15) is 4.79 Å². The van der Waals surface area contributed by atoms with E-state index in [4.69, 9.17) is 14.6 Å². The number of benzene rings is 3. The Kier molecular flexibility index (Phi) is 7.20. The summed E-state index contributed by atoms with van der Waals surface area (Å²) in [5.41, 5.74) is 4.62. The van der Waals surface area contributed by atoms with Crippen LogP contribution >= 0.6 is 0 Å². The largest absolute Gasteiger partial charge is 0.489 e. The van der Waals surface area contributed by atoms with Gasteiger partial charge < -0.3 is 19.9 Å². The molecule has 0 bridgehead atoms. The van der Waals surface area contributed by atoms with Gasteiger partial charge in [0.1, 0.15) is 12.4 Å². The molecule has 5 heteroatoms. The van der Waals surface area contributed by atoms with Crippen molar-refractivity contribution in [3.63, 3.8) is 0 Å². The van der Waals surface area contributed by atoms with Crippen LogP contribution in [0.1, 0.15) is 28.7 Å². The Morgan fingerprint density at radius 1 is 0.906 bits per heavy atom. The fraction of sp³-hybridized carbons (Fsp3) is 0.296. The second kappa shape index (κ2) is 10.4. The van der Waals surface area contributed by atoms with E-state index in [1.54, 1.807) is 0 Å². The van der Waals surface area contributed by atoms with Crippen LogP contribution in [0.15, 0.2) is 78.9 Å². The second-order valence-corrected chi connectivity index (χ2v) is 8.16. The van der Waals surface area contributed by atoms with E-state index in [0.29, 0.717) is 13.2 Å². The third-order valence-electron chi connectivity index (χ3n) is 5.97. The van der Waals surface area contributed by atoms with Gasteiger partial charge in [-0.1, -0.05) is 72.8 Å². The van der Waals surface area contributed by atoms with Crippen LogP contribution in [0, 0.1) is 0 Å². The van der Waals surface area contributed by atoms with Gasteiger partial charge in [0, 0.05) is 24.1 Å². The molecule has 166 valence electrons. The topological polar surface area (TPSA) is 67.8 Å². The Morgan fingerprint density at radius 2 is 1.62 bits per heavy atom. The Hall–Kier alpha value is -3.15. The lowest BCUT2D eigenvalue weighted by atomic mass is 9.69. The minimum atomic E-state index is -0.838. The van der Waals surface area contributed by atoms with Gasteiger partial charge in [-0.15, -0.1) is 0 Å². The summed E-state index contributed by atoms with van der Waals surface area (Å²) in [4.78, 5) is 10.7. The lowest BCUT2D eigenvalue weighted by Crippen LogP contribution is -2.57.